The molecular formula is C22H40N2O3. The molecule has 0 aliphatic carbocycles. The Kier molecular flexibility index (Phi) is 10.9. The van der Waals surface area contributed by atoms with Gasteiger partial charge in [0.1, 0.15) is 5.60 Å². The third-order valence-corrected chi connectivity index (χ3v) is 5.49. The van der Waals surface area contributed by atoms with E-state index in [0.717, 1.165) is 39.0 Å². The lowest BCUT2D eigenvalue weighted by molar-refractivity contribution is -0.144. The topological polar surface area (TPSA) is 59.6 Å². The molecule has 0 radical (unpaired) electrons. The molecule has 0 bridgehead atoms. The second-order valence-corrected chi connectivity index (χ2v) is 8.13. The van der Waals surface area contributed by atoms with Gasteiger partial charge < -0.3 is 20.1 Å². The lowest BCUT2D eigenvalue weighted by Crippen LogP contribution is -2.43. The van der Waals surface area contributed by atoms with E-state index in [9.17, 15) is 4.79 Å². The highest BCUT2D eigenvalue weighted by molar-refractivity contribution is 5.38. The molecule has 27 heavy (non-hydrogen) atoms. The first-order chi connectivity index (χ1) is 12.9. The quantitative estimate of drug-likeness (QED) is 0.449. The van der Waals surface area contributed by atoms with Gasteiger partial charge in [-0.15, -0.1) is 0 Å². The summed E-state index contributed by atoms with van der Waals surface area (Å²) in [6.45, 7) is 14.5. The second kappa shape index (κ2) is 12.3. The molecule has 156 valence electrons. The Morgan fingerprint density at radius 1 is 1.37 bits per heavy atom. The normalized spacial score (nSPS) is 30.4. The van der Waals surface area contributed by atoms with Crippen molar-refractivity contribution in [3.63, 3.8) is 0 Å². The summed E-state index contributed by atoms with van der Waals surface area (Å²) >= 11 is 0. The van der Waals surface area contributed by atoms with Crippen LogP contribution in [0.5, 0.6) is 0 Å². The Hall–Kier alpha value is -1.17. The monoisotopic (exact) mass is 380 g/mol. The number of carbonyl (C=O) groups is 1. The van der Waals surface area contributed by atoms with Crippen LogP contribution in [-0.4, -0.2) is 51.5 Å². The minimum atomic E-state index is -0.439. The minimum absolute atomic E-state index is 0.147. The van der Waals surface area contributed by atoms with Gasteiger partial charge in [-0.3, -0.25) is 4.79 Å². The van der Waals surface area contributed by atoms with Gasteiger partial charge in [0, 0.05) is 26.1 Å². The van der Waals surface area contributed by atoms with Crippen LogP contribution in [0.4, 0.5) is 0 Å². The number of likely N-dealkylation sites (N-methyl/N-ethyl adjacent to an activating group) is 1. The summed E-state index contributed by atoms with van der Waals surface area (Å²) in [4.78, 5) is 10.9. The van der Waals surface area contributed by atoms with Gasteiger partial charge in [-0.05, 0) is 63.3 Å². The lowest BCUT2D eigenvalue weighted by atomic mass is 9.93. The van der Waals surface area contributed by atoms with Crippen LogP contribution in [0.25, 0.3) is 0 Å². The van der Waals surface area contributed by atoms with Crippen molar-refractivity contribution in [1.29, 1.82) is 0 Å². The van der Waals surface area contributed by atoms with Crippen molar-refractivity contribution < 1.29 is 14.3 Å². The van der Waals surface area contributed by atoms with E-state index in [1.807, 2.05) is 7.05 Å². The van der Waals surface area contributed by atoms with Crippen molar-refractivity contribution in [2.75, 3.05) is 33.3 Å². The van der Waals surface area contributed by atoms with Crippen LogP contribution in [0.3, 0.4) is 0 Å². The number of hydrogen-bond acceptors (Lipinski definition) is 5. The first-order valence-corrected chi connectivity index (χ1v) is 10.3. The third-order valence-electron chi connectivity index (χ3n) is 5.49. The molecule has 5 nitrogen and oxygen atoms in total. The number of carbonyl (C=O) groups excluding carboxylic acids is 1. The van der Waals surface area contributed by atoms with Gasteiger partial charge in [-0.2, -0.15) is 0 Å². The highest BCUT2D eigenvalue weighted by Crippen LogP contribution is 2.21. The zero-order chi connectivity index (χ0) is 20.3. The molecule has 1 aliphatic heterocycles. The maximum Gasteiger partial charge on any atom is 0.293 e. The van der Waals surface area contributed by atoms with Crippen LogP contribution in [-0.2, 0) is 14.3 Å². The molecular weight excluding hydrogens is 340 g/mol. The van der Waals surface area contributed by atoms with Crippen molar-refractivity contribution in [1.82, 2.24) is 10.6 Å². The average Bonchev–Trinajstić information content (AvgIpc) is 2.62. The van der Waals surface area contributed by atoms with Crippen molar-refractivity contribution >= 4 is 6.47 Å². The van der Waals surface area contributed by atoms with E-state index in [-0.39, 0.29) is 6.10 Å². The van der Waals surface area contributed by atoms with Gasteiger partial charge in [-0.25, -0.2) is 0 Å². The lowest BCUT2D eigenvalue weighted by Gasteiger charge is -2.31. The second-order valence-electron chi connectivity index (χ2n) is 8.13. The van der Waals surface area contributed by atoms with E-state index in [2.05, 4.69) is 57.4 Å². The standard InChI is InChI=1S/C22H40N2O3/c1-7-22(15-23-6,27-16-25)8-9-24-13-21-11-17(2)10-18(3)14-26-20(5)19(4)12-21/h11-12,16-18,20,23-24H,7-10,13-15H2,1-6H3/b19-12-,21-11+. The Balaban J connectivity index is 2.71. The molecule has 0 aromatic rings. The summed E-state index contributed by atoms with van der Waals surface area (Å²) in [5.74, 6) is 1.08. The summed E-state index contributed by atoms with van der Waals surface area (Å²) in [5, 5.41) is 6.67. The first-order valence-electron chi connectivity index (χ1n) is 10.3. The molecule has 2 N–H and O–H groups in total. The van der Waals surface area contributed by atoms with Gasteiger partial charge in [0.05, 0.1) is 6.10 Å². The maximum absolute atomic E-state index is 10.9. The van der Waals surface area contributed by atoms with E-state index in [1.54, 1.807) is 0 Å². The van der Waals surface area contributed by atoms with E-state index >= 15 is 0 Å². The Morgan fingerprint density at radius 3 is 2.74 bits per heavy atom. The zero-order valence-corrected chi connectivity index (χ0v) is 18.1. The number of ether oxygens (including phenoxy) is 2. The third kappa shape index (κ3) is 8.58. The number of rotatable bonds is 10. The van der Waals surface area contributed by atoms with Crippen LogP contribution in [0.15, 0.2) is 23.3 Å². The highest BCUT2D eigenvalue weighted by atomic mass is 16.5. The van der Waals surface area contributed by atoms with Gasteiger partial charge in [-0.1, -0.05) is 32.9 Å². The molecule has 0 aromatic heterocycles. The predicted molar refractivity (Wildman–Crippen MR) is 112 cm³/mol. The van der Waals surface area contributed by atoms with Gasteiger partial charge >= 0.3 is 0 Å². The molecule has 1 rings (SSSR count). The zero-order valence-electron chi connectivity index (χ0n) is 18.1. The molecule has 5 heteroatoms. The van der Waals surface area contributed by atoms with Crippen LogP contribution in [0.1, 0.15) is 53.9 Å². The molecule has 0 spiro atoms. The van der Waals surface area contributed by atoms with Crippen LogP contribution < -0.4 is 10.6 Å². The Bertz CT molecular complexity index is 504. The smallest absolute Gasteiger partial charge is 0.293 e. The molecule has 0 fully saturated rings. The van der Waals surface area contributed by atoms with E-state index in [4.69, 9.17) is 9.47 Å². The molecule has 0 saturated carbocycles. The molecule has 1 aliphatic rings. The summed E-state index contributed by atoms with van der Waals surface area (Å²) in [6, 6.07) is 0. The van der Waals surface area contributed by atoms with Crippen LogP contribution in [0, 0.1) is 11.8 Å². The number of allylic oxidation sites excluding steroid dienone is 1. The van der Waals surface area contributed by atoms with Crippen LogP contribution >= 0.6 is 0 Å². The highest BCUT2D eigenvalue weighted by Gasteiger charge is 2.28. The fourth-order valence-electron chi connectivity index (χ4n) is 3.69. The Labute approximate surface area is 166 Å². The fraction of sp³-hybridized carbons (Fsp3) is 0.773. The largest absolute Gasteiger partial charge is 0.460 e. The predicted octanol–water partition coefficient (Wildman–Crippen LogP) is 3.46. The van der Waals surface area contributed by atoms with E-state index in [0.29, 0.717) is 24.9 Å². The van der Waals surface area contributed by atoms with Crippen molar-refractivity contribution in [3.8, 4) is 0 Å². The maximum atomic E-state index is 10.9. The molecule has 0 saturated heterocycles. The van der Waals surface area contributed by atoms with E-state index < -0.39 is 5.60 Å². The van der Waals surface area contributed by atoms with Gasteiger partial charge in [0.2, 0.25) is 0 Å². The van der Waals surface area contributed by atoms with Crippen molar-refractivity contribution in [2.24, 2.45) is 11.8 Å². The van der Waals surface area contributed by atoms with Crippen LogP contribution in [0.2, 0.25) is 0 Å². The Morgan fingerprint density at radius 2 is 2.11 bits per heavy atom. The molecule has 0 amide bonds. The minimum Gasteiger partial charge on any atom is -0.460 e. The molecule has 0 aromatic carbocycles. The summed E-state index contributed by atoms with van der Waals surface area (Å²) in [7, 11) is 1.88. The summed E-state index contributed by atoms with van der Waals surface area (Å²) in [6.07, 6.45) is 7.50. The number of hydrogen-bond donors (Lipinski definition) is 2. The molecule has 4 atom stereocenters. The molecule has 4 unspecified atom stereocenters. The van der Waals surface area contributed by atoms with Gasteiger partial charge in [0.25, 0.3) is 6.47 Å². The summed E-state index contributed by atoms with van der Waals surface area (Å²) < 4.78 is 11.4. The number of nitrogens with one attached hydrogen (secondary N) is 2. The first kappa shape index (κ1) is 23.9. The van der Waals surface area contributed by atoms with Crippen molar-refractivity contribution in [2.45, 2.75) is 65.6 Å². The van der Waals surface area contributed by atoms with Gasteiger partial charge in [0.15, 0.2) is 0 Å². The fourth-order valence-corrected chi connectivity index (χ4v) is 3.69. The van der Waals surface area contributed by atoms with Crippen molar-refractivity contribution in [3.05, 3.63) is 23.3 Å². The molecule has 1 heterocycles. The average molecular weight is 381 g/mol. The SMILES string of the molecule is CCC(CCNCC1=C/C(C)CC(C)COC(C)/C(C)=C\1)(CNC)OC=O. The summed E-state index contributed by atoms with van der Waals surface area (Å²) in [5.41, 5.74) is 2.12. The van der Waals surface area contributed by atoms with E-state index in [1.165, 1.54) is 11.1 Å².